The minimum Gasteiger partial charge on any atom is -0.481 e. The molecule has 90 valence electrons. The average molecular weight is 246 g/mol. The Labute approximate surface area is 93.7 Å². The molecule has 6 nitrogen and oxygen atoms in total. The standard InChI is InChI=1S/C9H14N2O4S/c1-16(14,15)11-3-2-7(6-11)8(5-10)4-9(12)13/h2-3,6,8H,4-5,10H2,1H3,(H,12,13). The van der Waals surface area contributed by atoms with Crippen LogP contribution in [0.4, 0.5) is 0 Å². The van der Waals surface area contributed by atoms with Crippen LogP contribution in [0.3, 0.4) is 0 Å². The van der Waals surface area contributed by atoms with Crippen molar-refractivity contribution in [1.29, 1.82) is 0 Å². The molecule has 0 aliphatic heterocycles. The van der Waals surface area contributed by atoms with Crippen LogP contribution in [0.5, 0.6) is 0 Å². The van der Waals surface area contributed by atoms with E-state index < -0.39 is 16.0 Å². The Morgan fingerprint density at radius 1 is 1.62 bits per heavy atom. The molecule has 16 heavy (non-hydrogen) atoms. The monoisotopic (exact) mass is 246 g/mol. The predicted octanol–water partition coefficient (Wildman–Crippen LogP) is -0.187. The number of hydrogen-bond donors (Lipinski definition) is 2. The second-order valence-electron chi connectivity index (χ2n) is 3.57. The summed E-state index contributed by atoms with van der Waals surface area (Å²) >= 11 is 0. The molecule has 0 spiro atoms. The van der Waals surface area contributed by atoms with Gasteiger partial charge in [-0.25, -0.2) is 8.42 Å². The van der Waals surface area contributed by atoms with E-state index in [0.29, 0.717) is 5.56 Å². The molecule has 0 aliphatic rings. The first-order valence-corrected chi connectivity index (χ1v) is 6.49. The summed E-state index contributed by atoms with van der Waals surface area (Å²) in [5.41, 5.74) is 6.07. The van der Waals surface area contributed by atoms with Crippen molar-refractivity contribution in [2.75, 3.05) is 12.8 Å². The van der Waals surface area contributed by atoms with E-state index in [2.05, 4.69) is 0 Å². The highest BCUT2D eigenvalue weighted by Crippen LogP contribution is 2.19. The molecular weight excluding hydrogens is 232 g/mol. The largest absolute Gasteiger partial charge is 0.481 e. The zero-order valence-corrected chi connectivity index (χ0v) is 9.64. The normalized spacial score (nSPS) is 13.6. The van der Waals surface area contributed by atoms with E-state index in [1.165, 1.54) is 12.4 Å². The Kier molecular flexibility index (Phi) is 3.71. The molecule has 0 saturated carbocycles. The number of rotatable bonds is 5. The second-order valence-corrected chi connectivity index (χ2v) is 5.46. The Morgan fingerprint density at radius 2 is 2.25 bits per heavy atom. The summed E-state index contributed by atoms with van der Waals surface area (Å²) in [5.74, 6) is -1.32. The van der Waals surface area contributed by atoms with E-state index in [1.807, 2.05) is 0 Å². The fourth-order valence-electron chi connectivity index (χ4n) is 1.39. The molecule has 1 atom stereocenters. The lowest BCUT2D eigenvalue weighted by molar-refractivity contribution is -0.137. The van der Waals surface area contributed by atoms with E-state index >= 15 is 0 Å². The van der Waals surface area contributed by atoms with Crippen LogP contribution in [0.25, 0.3) is 0 Å². The van der Waals surface area contributed by atoms with E-state index in [4.69, 9.17) is 10.8 Å². The first-order chi connectivity index (χ1) is 7.34. The summed E-state index contributed by atoms with van der Waals surface area (Å²) in [4.78, 5) is 10.6. The molecule has 0 saturated heterocycles. The number of aliphatic carboxylic acids is 1. The zero-order valence-electron chi connectivity index (χ0n) is 8.83. The van der Waals surface area contributed by atoms with E-state index in [0.717, 1.165) is 10.2 Å². The Balaban J connectivity index is 2.95. The quantitative estimate of drug-likeness (QED) is 0.749. The molecule has 0 fully saturated rings. The van der Waals surface area contributed by atoms with Gasteiger partial charge in [-0.1, -0.05) is 0 Å². The lowest BCUT2D eigenvalue weighted by Crippen LogP contribution is -2.16. The first kappa shape index (κ1) is 12.7. The summed E-state index contributed by atoms with van der Waals surface area (Å²) in [6.07, 6.45) is 3.75. The van der Waals surface area contributed by atoms with Gasteiger partial charge in [0.05, 0.1) is 12.7 Å². The molecule has 0 radical (unpaired) electrons. The van der Waals surface area contributed by atoms with Crippen LogP contribution in [0.1, 0.15) is 17.9 Å². The molecule has 7 heteroatoms. The van der Waals surface area contributed by atoms with Gasteiger partial charge in [0, 0.05) is 18.3 Å². The third kappa shape index (κ3) is 3.07. The predicted molar refractivity (Wildman–Crippen MR) is 58.7 cm³/mol. The highest BCUT2D eigenvalue weighted by Gasteiger charge is 2.16. The SMILES string of the molecule is CS(=O)(=O)n1ccc(C(CN)CC(=O)O)c1. The first-order valence-electron chi connectivity index (χ1n) is 4.65. The smallest absolute Gasteiger partial charge is 0.304 e. The maximum atomic E-state index is 11.2. The fraction of sp³-hybridized carbons (Fsp3) is 0.444. The molecule has 3 N–H and O–H groups in total. The van der Waals surface area contributed by atoms with E-state index in [-0.39, 0.29) is 18.9 Å². The van der Waals surface area contributed by atoms with Gasteiger partial charge in [-0.15, -0.1) is 0 Å². The van der Waals surface area contributed by atoms with Crippen LogP contribution < -0.4 is 5.73 Å². The van der Waals surface area contributed by atoms with Crippen molar-refractivity contribution in [3.63, 3.8) is 0 Å². The lowest BCUT2D eigenvalue weighted by Gasteiger charge is -2.09. The second kappa shape index (κ2) is 4.67. The molecular formula is C9H14N2O4S. The third-order valence-corrected chi connectivity index (χ3v) is 3.24. The van der Waals surface area contributed by atoms with Crippen LogP contribution in [0.2, 0.25) is 0 Å². The van der Waals surface area contributed by atoms with E-state index in [9.17, 15) is 13.2 Å². The molecule has 0 bridgehead atoms. The number of nitrogens with zero attached hydrogens (tertiary/aromatic N) is 1. The van der Waals surface area contributed by atoms with Crippen molar-refractivity contribution in [3.8, 4) is 0 Å². The number of aromatic nitrogens is 1. The highest BCUT2D eigenvalue weighted by atomic mass is 32.2. The van der Waals surface area contributed by atoms with Crippen molar-refractivity contribution in [2.45, 2.75) is 12.3 Å². The third-order valence-electron chi connectivity index (χ3n) is 2.25. The van der Waals surface area contributed by atoms with Gasteiger partial charge in [0.25, 0.3) is 0 Å². The van der Waals surface area contributed by atoms with E-state index in [1.54, 1.807) is 6.07 Å². The van der Waals surface area contributed by atoms with Gasteiger partial charge in [-0.2, -0.15) is 0 Å². The summed E-state index contributed by atoms with van der Waals surface area (Å²) < 4.78 is 23.4. The summed E-state index contributed by atoms with van der Waals surface area (Å²) in [7, 11) is -3.32. The van der Waals surface area contributed by atoms with Gasteiger partial charge in [-0.05, 0) is 18.2 Å². The number of nitrogens with two attached hydrogens (primary N) is 1. The van der Waals surface area contributed by atoms with Crippen LogP contribution in [-0.2, 0) is 14.8 Å². The molecule has 1 aromatic heterocycles. The molecule has 0 aromatic carbocycles. The van der Waals surface area contributed by atoms with Gasteiger partial charge in [-0.3, -0.25) is 8.77 Å². The van der Waals surface area contributed by atoms with Crippen molar-refractivity contribution in [1.82, 2.24) is 3.97 Å². The topological polar surface area (TPSA) is 102 Å². The fourth-order valence-corrected chi connectivity index (χ4v) is 1.98. The molecule has 1 rings (SSSR count). The maximum absolute atomic E-state index is 11.2. The summed E-state index contributed by atoms with van der Waals surface area (Å²) in [5, 5.41) is 8.66. The minimum atomic E-state index is -3.32. The van der Waals surface area contributed by atoms with Gasteiger partial charge < -0.3 is 10.8 Å². The van der Waals surface area contributed by atoms with Crippen molar-refractivity contribution < 1.29 is 18.3 Å². The van der Waals surface area contributed by atoms with Crippen LogP contribution in [0, 0.1) is 0 Å². The molecule has 1 aromatic rings. The molecule has 1 heterocycles. The number of hydrogen-bond acceptors (Lipinski definition) is 4. The molecule has 0 aliphatic carbocycles. The van der Waals surface area contributed by atoms with Crippen molar-refractivity contribution in [3.05, 3.63) is 24.0 Å². The molecule has 0 amide bonds. The Morgan fingerprint density at radius 3 is 2.62 bits per heavy atom. The Bertz CT molecular complexity index is 477. The van der Waals surface area contributed by atoms with Crippen molar-refractivity contribution >= 4 is 16.0 Å². The number of carboxylic acid groups (broad SMARTS) is 1. The number of carbonyl (C=O) groups is 1. The minimum absolute atomic E-state index is 0.107. The van der Waals surface area contributed by atoms with Crippen LogP contribution in [0.15, 0.2) is 18.5 Å². The van der Waals surface area contributed by atoms with Gasteiger partial charge in [0.15, 0.2) is 0 Å². The van der Waals surface area contributed by atoms with Gasteiger partial charge in [0.1, 0.15) is 0 Å². The Hall–Kier alpha value is -1.34. The lowest BCUT2D eigenvalue weighted by atomic mass is 9.99. The van der Waals surface area contributed by atoms with Gasteiger partial charge in [0.2, 0.25) is 10.0 Å². The highest BCUT2D eigenvalue weighted by molar-refractivity contribution is 7.89. The summed E-state index contributed by atoms with van der Waals surface area (Å²) in [6.45, 7) is 0.167. The van der Waals surface area contributed by atoms with Crippen LogP contribution in [-0.4, -0.2) is 36.3 Å². The maximum Gasteiger partial charge on any atom is 0.304 e. The van der Waals surface area contributed by atoms with Crippen LogP contribution >= 0.6 is 0 Å². The van der Waals surface area contributed by atoms with Crippen molar-refractivity contribution in [2.24, 2.45) is 5.73 Å². The average Bonchev–Trinajstić information content (AvgIpc) is 2.61. The zero-order chi connectivity index (χ0) is 12.3. The number of carboxylic acids is 1. The summed E-state index contributed by atoms with van der Waals surface area (Å²) in [6, 6.07) is 1.57. The van der Waals surface area contributed by atoms with Gasteiger partial charge >= 0.3 is 5.97 Å². The molecule has 1 unspecified atom stereocenters.